The second kappa shape index (κ2) is 4.11. The van der Waals surface area contributed by atoms with E-state index in [1.165, 1.54) is 6.20 Å². The fourth-order valence-corrected chi connectivity index (χ4v) is 1.41. The zero-order valence-corrected chi connectivity index (χ0v) is 8.24. The molecule has 1 atom stereocenters. The molecule has 0 aliphatic carbocycles. The lowest BCUT2D eigenvalue weighted by Gasteiger charge is -2.12. The van der Waals surface area contributed by atoms with E-state index in [9.17, 15) is 13.2 Å². The van der Waals surface area contributed by atoms with Crippen molar-refractivity contribution in [2.24, 2.45) is 4.99 Å². The predicted octanol–water partition coefficient (Wildman–Crippen LogP) is 2.18. The topological polar surface area (TPSA) is 34.5 Å². The van der Waals surface area contributed by atoms with Gasteiger partial charge in [0, 0.05) is 6.20 Å². The molecule has 1 aliphatic heterocycles. The molecule has 6 heteroatoms. The van der Waals surface area contributed by atoms with E-state index in [2.05, 4.69) is 9.98 Å². The van der Waals surface area contributed by atoms with Crippen LogP contribution in [0.25, 0.3) is 0 Å². The molecule has 1 unspecified atom stereocenters. The number of ether oxygens (including phenoxy) is 1. The second-order valence-corrected chi connectivity index (χ2v) is 3.42. The largest absolute Gasteiger partial charge is 0.471 e. The Kier molecular flexibility index (Phi) is 2.80. The van der Waals surface area contributed by atoms with Gasteiger partial charge >= 0.3 is 6.18 Å². The Morgan fingerprint density at radius 2 is 2.19 bits per heavy atom. The maximum absolute atomic E-state index is 12.1. The molecule has 0 saturated heterocycles. The predicted molar refractivity (Wildman–Crippen MR) is 51.2 cm³/mol. The molecule has 0 amide bonds. The third kappa shape index (κ3) is 2.71. The van der Waals surface area contributed by atoms with Gasteiger partial charge in [-0.05, 0) is 12.1 Å². The van der Waals surface area contributed by atoms with E-state index in [-0.39, 0.29) is 12.4 Å². The summed E-state index contributed by atoms with van der Waals surface area (Å²) in [5.74, 6) is 0.190. The lowest BCUT2D eigenvalue weighted by Crippen LogP contribution is -2.23. The Morgan fingerprint density at radius 3 is 2.81 bits per heavy atom. The van der Waals surface area contributed by atoms with Crippen LogP contribution in [0, 0.1) is 0 Å². The maximum Gasteiger partial charge on any atom is 0.392 e. The van der Waals surface area contributed by atoms with E-state index in [4.69, 9.17) is 4.74 Å². The molecule has 0 bridgehead atoms. The molecule has 1 aliphatic rings. The molecule has 0 aromatic carbocycles. The highest BCUT2D eigenvalue weighted by Gasteiger charge is 2.35. The van der Waals surface area contributed by atoms with Crippen molar-refractivity contribution < 1.29 is 17.9 Å². The smallest absolute Gasteiger partial charge is 0.392 e. The van der Waals surface area contributed by atoms with Crippen molar-refractivity contribution in [2.75, 3.05) is 6.54 Å². The number of hydrogen-bond acceptors (Lipinski definition) is 3. The first-order chi connectivity index (χ1) is 7.54. The van der Waals surface area contributed by atoms with Crippen molar-refractivity contribution in [3.63, 3.8) is 0 Å². The van der Waals surface area contributed by atoms with E-state index in [1.54, 1.807) is 18.2 Å². The van der Waals surface area contributed by atoms with Crippen molar-refractivity contribution in [3.05, 3.63) is 30.1 Å². The SMILES string of the molecule is FC(F)(F)CC1CN=C(c2ccccn2)O1. The fourth-order valence-electron chi connectivity index (χ4n) is 1.41. The quantitative estimate of drug-likeness (QED) is 0.780. The molecule has 1 aromatic heterocycles. The van der Waals surface area contributed by atoms with Crippen LogP contribution in [0.5, 0.6) is 0 Å². The normalized spacial score (nSPS) is 20.4. The first-order valence-electron chi connectivity index (χ1n) is 4.74. The first-order valence-corrected chi connectivity index (χ1v) is 4.74. The lowest BCUT2D eigenvalue weighted by atomic mass is 10.2. The Bertz CT molecular complexity index is 389. The van der Waals surface area contributed by atoms with Crippen molar-refractivity contribution in [1.82, 2.24) is 4.98 Å². The zero-order chi connectivity index (χ0) is 11.6. The van der Waals surface area contributed by atoms with Crippen molar-refractivity contribution in [1.29, 1.82) is 0 Å². The van der Waals surface area contributed by atoms with Crippen LogP contribution in [0.3, 0.4) is 0 Å². The standard InChI is InChI=1S/C10H9F3N2O/c11-10(12,13)5-7-6-15-9(16-7)8-3-1-2-4-14-8/h1-4,7H,5-6H2. The summed E-state index contributed by atoms with van der Waals surface area (Å²) in [6, 6.07) is 5.09. The Labute approximate surface area is 90.0 Å². The number of halogens is 3. The third-order valence-electron chi connectivity index (χ3n) is 2.06. The van der Waals surface area contributed by atoms with Crippen molar-refractivity contribution in [3.8, 4) is 0 Å². The number of nitrogens with zero attached hydrogens (tertiary/aromatic N) is 2. The summed E-state index contributed by atoms with van der Waals surface area (Å²) >= 11 is 0. The zero-order valence-electron chi connectivity index (χ0n) is 8.24. The number of aromatic nitrogens is 1. The summed E-state index contributed by atoms with van der Waals surface area (Å²) < 4.78 is 41.4. The van der Waals surface area contributed by atoms with E-state index in [0.717, 1.165) is 0 Å². The monoisotopic (exact) mass is 230 g/mol. The molecule has 0 spiro atoms. The average molecular weight is 230 g/mol. The molecule has 0 fully saturated rings. The van der Waals surface area contributed by atoms with Crippen LogP contribution in [0.2, 0.25) is 0 Å². The van der Waals surface area contributed by atoms with Crippen molar-refractivity contribution in [2.45, 2.75) is 18.7 Å². The summed E-state index contributed by atoms with van der Waals surface area (Å²) in [4.78, 5) is 7.86. The van der Waals surface area contributed by atoms with Crippen LogP contribution in [-0.4, -0.2) is 29.7 Å². The summed E-state index contributed by atoms with van der Waals surface area (Å²) in [6.45, 7) is 0.0332. The number of pyridine rings is 1. The van der Waals surface area contributed by atoms with Crippen LogP contribution < -0.4 is 0 Å². The highest BCUT2D eigenvalue weighted by molar-refractivity contribution is 5.93. The van der Waals surface area contributed by atoms with E-state index in [1.807, 2.05) is 0 Å². The van der Waals surface area contributed by atoms with Gasteiger partial charge in [0.25, 0.3) is 0 Å². The number of hydrogen-bond donors (Lipinski definition) is 0. The van der Waals surface area contributed by atoms with Gasteiger partial charge < -0.3 is 4.74 Å². The lowest BCUT2D eigenvalue weighted by molar-refractivity contribution is -0.149. The minimum Gasteiger partial charge on any atom is -0.471 e. The molecule has 0 saturated carbocycles. The molecule has 0 N–H and O–H groups in total. The molecule has 86 valence electrons. The second-order valence-electron chi connectivity index (χ2n) is 3.42. The highest BCUT2D eigenvalue weighted by atomic mass is 19.4. The summed E-state index contributed by atoms with van der Waals surface area (Å²) in [7, 11) is 0. The highest BCUT2D eigenvalue weighted by Crippen LogP contribution is 2.25. The molecular weight excluding hydrogens is 221 g/mol. The van der Waals surface area contributed by atoms with Gasteiger partial charge in [-0.1, -0.05) is 6.07 Å². The van der Waals surface area contributed by atoms with E-state index >= 15 is 0 Å². The van der Waals surface area contributed by atoms with Crippen LogP contribution >= 0.6 is 0 Å². The summed E-state index contributed by atoms with van der Waals surface area (Å²) in [5.41, 5.74) is 0.465. The summed E-state index contributed by atoms with van der Waals surface area (Å²) in [5, 5.41) is 0. The van der Waals surface area contributed by atoms with E-state index < -0.39 is 18.7 Å². The van der Waals surface area contributed by atoms with Crippen LogP contribution in [0.4, 0.5) is 13.2 Å². The molecule has 2 heterocycles. The van der Waals surface area contributed by atoms with Crippen LogP contribution in [0.1, 0.15) is 12.1 Å². The first kappa shape index (κ1) is 10.9. The molecule has 0 radical (unpaired) electrons. The van der Waals surface area contributed by atoms with Crippen LogP contribution in [0.15, 0.2) is 29.4 Å². The number of rotatable bonds is 2. The molecule has 1 aromatic rings. The van der Waals surface area contributed by atoms with Gasteiger partial charge in [0.1, 0.15) is 11.8 Å². The van der Waals surface area contributed by atoms with Gasteiger partial charge in [0.05, 0.1) is 13.0 Å². The van der Waals surface area contributed by atoms with Gasteiger partial charge in [-0.2, -0.15) is 13.2 Å². The third-order valence-corrected chi connectivity index (χ3v) is 2.06. The fraction of sp³-hybridized carbons (Fsp3) is 0.400. The number of aliphatic imine (C=N–C) groups is 1. The van der Waals surface area contributed by atoms with Gasteiger partial charge in [-0.3, -0.25) is 4.98 Å². The van der Waals surface area contributed by atoms with E-state index in [0.29, 0.717) is 5.69 Å². The Balaban J connectivity index is 1.98. The van der Waals surface area contributed by atoms with Gasteiger partial charge in [0.2, 0.25) is 5.90 Å². The maximum atomic E-state index is 12.1. The minimum absolute atomic E-state index is 0.0332. The average Bonchev–Trinajstić information content (AvgIpc) is 2.65. The molecular formula is C10H9F3N2O. The molecule has 2 rings (SSSR count). The minimum atomic E-state index is -4.22. The van der Waals surface area contributed by atoms with Crippen LogP contribution in [-0.2, 0) is 4.74 Å². The number of alkyl halides is 3. The Hall–Kier alpha value is -1.59. The van der Waals surface area contributed by atoms with Crippen molar-refractivity contribution >= 4 is 5.90 Å². The molecule has 16 heavy (non-hydrogen) atoms. The summed E-state index contributed by atoms with van der Waals surface area (Å²) in [6.07, 6.45) is -4.58. The van der Waals surface area contributed by atoms with Gasteiger partial charge in [0.15, 0.2) is 0 Å². The van der Waals surface area contributed by atoms with Gasteiger partial charge in [-0.25, -0.2) is 4.99 Å². The Morgan fingerprint density at radius 1 is 1.38 bits per heavy atom. The van der Waals surface area contributed by atoms with Gasteiger partial charge in [-0.15, -0.1) is 0 Å². The molecule has 3 nitrogen and oxygen atoms in total.